The largest absolute Gasteiger partial charge is 0.479 e. The monoisotopic (exact) mass is 258 g/mol. The van der Waals surface area contributed by atoms with E-state index in [1.165, 1.54) is 0 Å². The molecular formula is C11H18N2O3S. The molecule has 0 saturated carbocycles. The molecule has 0 aliphatic heterocycles. The summed E-state index contributed by atoms with van der Waals surface area (Å²) in [7, 11) is 1.95. The van der Waals surface area contributed by atoms with Crippen LogP contribution < -0.4 is 0 Å². The zero-order chi connectivity index (χ0) is 12.7. The Morgan fingerprint density at radius 2 is 2.47 bits per heavy atom. The predicted molar refractivity (Wildman–Crippen MR) is 66.1 cm³/mol. The number of hydrogen-bond acceptors (Lipinski definition) is 5. The van der Waals surface area contributed by atoms with E-state index in [0.29, 0.717) is 19.6 Å². The van der Waals surface area contributed by atoms with Crippen LogP contribution >= 0.6 is 11.3 Å². The number of ether oxygens (including phenoxy) is 1. The standard InChI is InChI=1S/C11H18N2O3S/c1-3-16-10(11(14)15)4-5-13(2)6-9-7-17-8-12-9/h7-8,10H,3-6H2,1-2H3,(H,14,15). The molecule has 0 fully saturated rings. The van der Waals surface area contributed by atoms with Crippen molar-refractivity contribution in [3.8, 4) is 0 Å². The van der Waals surface area contributed by atoms with E-state index in [0.717, 1.165) is 12.2 Å². The first-order valence-corrected chi connectivity index (χ1v) is 6.47. The lowest BCUT2D eigenvalue weighted by Gasteiger charge is -2.18. The molecule has 1 rings (SSSR count). The first-order valence-electron chi connectivity index (χ1n) is 5.53. The van der Waals surface area contributed by atoms with E-state index in [2.05, 4.69) is 4.98 Å². The summed E-state index contributed by atoms with van der Waals surface area (Å²) in [6, 6.07) is 0. The highest BCUT2D eigenvalue weighted by Crippen LogP contribution is 2.06. The summed E-state index contributed by atoms with van der Waals surface area (Å²) in [6.07, 6.45) is -0.220. The smallest absolute Gasteiger partial charge is 0.332 e. The molecule has 0 aliphatic rings. The molecule has 1 atom stereocenters. The fourth-order valence-electron chi connectivity index (χ4n) is 1.49. The van der Waals surface area contributed by atoms with Crippen LogP contribution in [0.4, 0.5) is 0 Å². The molecule has 0 radical (unpaired) electrons. The number of thiazole rings is 1. The van der Waals surface area contributed by atoms with Gasteiger partial charge in [0.05, 0.1) is 11.2 Å². The van der Waals surface area contributed by atoms with E-state index < -0.39 is 12.1 Å². The third-order valence-electron chi connectivity index (χ3n) is 2.33. The molecule has 0 bridgehead atoms. The number of carboxylic acid groups (broad SMARTS) is 1. The quantitative estimate of drug-likeness (QED) is 0.764. The molecule has 17 heavy (non-hydrogen) atoms. The van der Waals surface area contributed by atoms with E-state index in [-0.39, 0.29) is 0 Å². The van der Waals surface area contributed by atoms with Crippen molar-refractivity contribution in [2.24, 2.45) is 0 Å². The lowest BCUT2D eigenvalue weighted by Crippen LogP contribution is -2.29. The van der Waals surface area contributed by atoms with Gasteiger partial charge in [0.15, 0.2) is 6.10 Å². The summed E-state index contributed by atoms with van der Waals surface area (Å²) in [6.45, 7) is 3.64. The van der Waals surface area contributed by atoms with Gasteiger partial charge in [-0.25, -0.2) is 9.78 Å². The average Bonchev–Trinajstić information content (AvgIpc) is 2.76. The molecule has 1 heterocycles. The molecule has 1 aromatic heterocycles. The molecule has 5 nitrogen and oxygen atoms in total. The van der Waals surface area contributed by atoms with Gasteiger partial charge in [-0.3, -0.25) is 0 Å². The molecule has 1 aromatic rings. The van der Waals surface area contributed by atoms with Gasteiger partial charge < -0.3 is 14.7 Å². The summed E-state index contributed by atoms with van der Waals surface area (Å²) >= 11 is 1.56. The Morgan fingerprint density at radius 3 is 3.00 bits per heavy atom. The summed E-state index contributed by atoms with van der Waals surface area (Å²) in [5, 5.41) is 10.9. The molecule has 0 aliphatic carbocycles. The molecule has 1 N–H and O–H groups in total. The number of carboxylic acids is 1. The Morgan fingerprint density at radius 1 is 1.71 bits per heavy atom. The maximum atomic E-state index is 10.9. The van der Waals surface area contributed by atoms with Crippen LogP contribution in [0.3, 0.4) is 0 Å². The SMILES string of the molecule is CCOC(CCN(C)Cc1cscn1)C(=O)O. The average molecular weight is 258 g/mol. The third kappa shape index (κ3) is 5.25. The minimum absolute atomic E-state index is 0.423. The lowest BCUT2D eigenvalue weighted by atomic mass is 10.2. The molecule has 1 unspecified atom stereocenters. The summed E-state index contributed by atoms with van der Waals surface area (Å²) < 4.78 is 5.15. The number of nitrogens with zero attached hydrogens (tertiary/aromatic N) is 2. The molecule has 0 aromatic carbocycles. The van der Waals surface area contributed by atoms with E-state index in [9.17, 15) is 4.79 Å². The highest BCUT2D eigenvalue weighted by atomic mass is 32.1. The van der Waals surface area contributed by atoms with Crippen molar-refractivity contribution >= 4 is 17.3 Å². The Balaban J connectivity index is 2.30. The first kappa shape index (κ1) is 14.1. The van der Waals surface area contributed by atoms with Crippen molar-refractivity contribution in [3.05, 3.63) is 16.6 Å². The minimum Gasteiger partial charge on any atom is -0.479 e. The van der Waals surface area contributed by atoms with Crippen LogP contribution in [-0.4, -0.2) is 47.3 Å². The van der Waals surface area contributed by atoms with Crippen molar-refractivity contribution < 1.29 is 14.6 Å². The number of hydrogen-bond donors (Lipinski definition) is 1. The van der Waals surface area contributed by atoms with Crippen molar-refractivity contribution in [1.82, 2.24) is 9.88 Å². The van der Waals surface area contributed by atoms with Gasteiger partial charge in [-0.05, 0) is 20.4 Å². The van der Waals surface area contributed by atoms with Gasteiger partial charge in [-0.2, -0.15) is 0 Å². The fraction of sp³-hybridized carbons (Fsp3) is 0.636. The second-order valence-corrected chi connectivity index (χ2v) is 4.51. The molecular weight excluding hydrogens is 240 g/mol. The Labute approximate surface area is 105 Å². The zero-order valence-electron chi connectivity index (χ0n) is 10.1. The zero-order valence-corrected chi connectivity index (χ0v) is 10.9. The summed E-state index contributed by atoms with van der Waals surface area (Å²) in [4.78, 5) is 17.1. The maximum Gasteiger partial charge on any atom is 0.332 e. The van der Waals surface area contributed by atoms with E-state index in [4.69, 9.17) is 9.84 Å². The van der Waals surface area contributed by atoms with Gasteiger partial charge in [0, 0.05) is 25.1 Å². The third-order valence-corrected chi connectivity index (χ3v) is 2.97. The van der Waals surface area contributed by atoms with Crippen molar-refractivity contribution in [1.29, 1.82) is 0 Å². The van der Waals surface area contributed by atoms with Crippen LogP contribution in [0.25, 0.3) is 0 Å². The number of carbonyl (C=O) groups is 1. The number of aromatic nitrogens is 1. The highest BCUT2D eigenvalue weighted by molar-refractivity contribution is 7.07. The van der Waals surface area contributed by atoms with Gasteiger partial charge in [0.1, 0.15) is 0 Å². The molecule has 96 valence electrons. The van der Waals surface area contributed by atoms with Gasteiger partial charge >= 0.3 is 5.97 Å². The molecule has 0 amide bonds. The summed E-state index contributed by atoms with van der Waals surface area (Å²) in [5.74, 6) is -0.895. The number of rotatable bonds is 8. The second-order valence-electron chi connectivity index (χ2n) is 3.79. The predicted octanol–water partition coefficient (Wildman–Crippen LogP) is 1.45. The summed E-state index contributed by atoms with van der Waals surface area (Å²) in [5.41, 5.74) is 2.81. The van der Waals surface area contributed by atoms with Crippen molar-refractivity contribution in [2.45, 2.75) is 26.0 Å². The first-order chi connectivity index (χ1) is 8.13. The number of aliphatic carboxylic acids is 1. The van der Waals surface area contributed by atoms with Crippen molar-refractivity contribution in [2.75, 3.05) is 20.2 Å². The lowest BCUT2D eigenvalue weighted by molar-refractivity contribution is -0.150. The molecule has 0 saturated heterocycles. The minimum atomic E-state index is -0.895. The van der Waals surface area contributed by atoms with E-state index >= 15 is 0 Å². The van der Waals surface area contributed by atoms with Crippen LogP contribution in [0, 0.1) is 0 Å². The van der Waals surface area contributed by atoms with Crippen LogP contribution in [0.5, 0.6) is 0 Å². The van der Waals surface area contributed by atoms with Gasteiger partial charge in [-0.1, -0.05) is 0 Å². The topological polar surface area (TPSA) is 62.7 Å². The van der Waals surface area contributed by atoms with Gasteiger partial charge in [0.2, 0.25) is 0 Å². The van der Waals surface area contributed by atoms with Gasteiger partial charge in [-0.15, -0.1) is 11.3 Å². The normalized spacial score (nSPS) is 12.9. The van der Waals surface area contributed by atoms with Crippen LogP contribution in [0.15, 0.2) is 10.9 Å². The van der Waals surface area contributed by atoms with Crippen LogP contribution in [-0.2, 0) is 16.1 Å². The molecule has 6 heteroatoms. The van der Waals surface area contributed by atoms with Gasteiger partial charge in [0.25, 0.3) is 0 Å². The Hall–Kier alpha value is -0.980. The Bertz CT molecular complexity index is 329. The van der Waals surface area contributed by atoms with Crippen molar-refractivity contribution in [3.63, 3.8) is 0 Å². The second kappa shape index (κ2) is 7.37. The van der Waals surface area contributed by atoms with Crippen LogP contribution in [0.2, 0.25) is 0 Å². The Kier molecular flexibility index (Phi) is 6.10. The molecule has 0 spiro atoms. The van der Waals surface area contributed by atoms with E-state index in [1.54, 1.807) is 23.8 Å². The van der Waals surface area contributed by atoms with Crippen LogP contribution in [0.1, 0.15) is 19.0 Å². The van der Waals surface area contributed by atoms with E-state index in [1.807, 2.05) is 17.3 Å². The maximum absolute atomic E-state index is 10.9. The fourth-order valence-corrected chi connectivity index (χ4v) is 2.04. The highest BCUT2D eigenvalue weighted by Gasteiger charge is 2.17.